The van der Waals surface area contributed by atoms with E-state index >= 15 is 0 Å². The molecule has 0 amide bonds. The number of sulfonamides is 1. The fraction of sp³-hybridized carbons (Fsp3) is 0.444. The number of piperazine rings is 1. The van der Waals surface area contributed by atoms with E-state index in [-0.39, 0.29) is 0 Å². The molecule has 7 heteroatoms. The molecular formula is C18H25N3O2S2. The zero-order chi connectivity index (χ0) is 17.7. The molecule has 5 nitrogen and oxygen atoms in total. The number of hydrogen-bond acceptors (Lipinski definition) is 5. The van der Waals surface area contributed by atoms with Crippen LogP contribution in [0.3, 0.4) is 0 Å². The summed E-state index contributed by atoms with van der Waals surface area (Å²) in [6.07, 6.45) is 1.66. The van der Waals surface area contributed by atoms with E-state index in [2.05, 4.69) is 45.8 Å². The first-order valence-corrected chi connectivity index (χ1v) is 11.0. The van der Waals surface area contributed by atoms with Crippen molar-refractivity contribution in [2.45, 2.75) is 17.1 Å². The minimum atomic E-state index is -3.34. The van der Waals surface area contributed by atoms with Gasteiger partial charge in [-0.3, -0.25) is 0 Å². The van der Waals surface area contributed by atoms with Crippen LogP contribution in [0.2, 0.25) is 0 Å². The maximum atomic E-state index is 12.0. The number of nitrogens with zero attached hydrogens (tertiary/aromatic N) is 2. The van der Waals surface area contributed by atoms with Crippen LogP contribution >= 0.6 is 11.3 Å². The highest BCUT2D eigenvalue weighted by atomic mass is 32.2. The SMILES string of the molecule is CN1CCN(c2ccc(CCCNS(=O)(=O)c3cccs3)cc2)CC1. The lowest BCUT2D eigenvalue weighted by Gasteiger charge is -2.34. The van der Waals surface area contributed by atoms with Crippen molar-refractivity contribution in [1.82, 2.24) is 9.62 Å². The zero-order valence-electron chi connectivity index (χ0n) is 14.5. The molecule has 1 aliphatic rings. The lowest BCUT2D eigenvalue weighted by Crippen LogP contribution is -2.44. The topological polar surface area (TPSA) is 52.6 Å². The smallest absolute Gasteiger partial charge is 0.250 e. The molecule has 25 heavy (non-hydrogen) atoms. The molecule has 1 aromatic carbocycles. The summed E-state index contributed by atoms with van der Waals surface area (Å²) in [5.74, 6) is 0. The number of likely N-dealkylation sites (N-methyl/N-ethyl adjacent to an activating group) is 1. The Balaban J connectivity index is 1.44. The number of anilines is 1. The lowest BCUT2D eigenvalue weighted by molar-refractivity contribution is 0.313. The molecular weight excluding hydrogens is 354 g/mol. The van der Waals surface area contributed by atoms with E-state index in [9.17, 15) is 8.42 Å². The van der Waals surface area contributed by atoms with Crippen molar-refractivity contribution in [2.24, 2.45) is 0 Å². The van der Waals surface area contributed by atoms with Gasteiger partial charge < -0.3 is 9.80 Å². The van der Waals surface area contributed by atoms with E-state index in [0.29, 0.717) is 10.8 Å². The first kappa shape index (κ1) is 18.4. The van der Waals surface area contributed by atoms with Gasteiger partial charge in [-0.05, 0) is 49.0 Å². The Morgan fingerprint density at radius 3 is 2.44 bits per heavy atom. The standard InChI is InChI=1S/C18H25N3O2S2/c1-20-11-13-21(14-12-20)17-8-6-16(7-9-17)4-2-10-19-25(22,23)18-5-3-15-24-18/h3,5-9,15,19H,2,4,10-14H2,1H3. The van der Waals surface area contributed by atoms with Gasteiger partial charge in [-0.25, -0.2) is 13.1 Å². The van der Waals surface area contributed by atoms with Crippen molar-refractivity contribution >= 4 is 27.0 Å². The van der Waals surface area contributed by atoms with Crippen LogP contribution in [0.4, 0.5) is 5.69 Å². The van der Waals surface area contributed by atoms with Crippen LogP contribution in [0, 0.1) is 0 Å². The highest BCUT2D eigenvalue weighted by Gasteiger charge is 2.15. The molecule has 0 aliphatic carbocycles. The average molecular weight is 380 g/mol. The molecule has 0 spiro atoms. The number of rotatable bonds is 7. The second-order valence-electron chi connectivity index (χ2n) is 6.39. The second-order valence-corrected chi connectivity index (χ2v) is 9.33. The summed E-state index contributed by atoms with van der Waals surface area (Å²) < 4.78 is 27.1. The molecule has 0 radical (unpaired) electrons. The first-order chi connectivity index (χ1) is 12.0. The van der Waals surface area contributed by atoms with Crippen LogP contribution in [-0.4, -0.2) is 53.1 Å². The molecule has 1 aromatic heterocycles. The predicted molar refractivity (Wildman–Crippen MR) is 104 cm³/mol. The Labute approximate surface area is 154 Å². The number of thiophene rings is 1. The summed E-state index contributed by atoms with van der Waals surface area (Å²) in [4.78, 5) is 4.76. The van der Waals surface area contributed by atoms with Crippen LogP contribution in [0.1, 0.15) is 12.0 Å². The Kier molecular flexibility index (Phi) is 6.11. The summed E-state index contributed by atoms with van der Waals surface area (Å²) >= 11 is 1.24. The Hall–Kier alpha value is -1.41. The molecule has 0 unspecified atom stereocenters. The van der Waals surface area contributed by atoms with E-state index < -0.39 is 10.0 Å². The summed E-state index contributed by atoms with van der Waals surface area (Å²) in [7, 11) is -1.18. The minimum absolute atomic E-state index is 0.379. The number of nitrogens with one attached hydrogen (secondary N) is 1. The average Bonchev–Trinajstić information content (AvgIpc) is 3.16. The fourth-order valence-electron chi connectivity index (χ4n) is 2.92. The third-order valence-electron chi connectivity index (χ3n) is 4.50. The monoisotopic (exact) mass is 379 g/mol. The molecule has 136 valence electrons. The maximum absolute atomic E-state index is 12.0. The van der Waals surface area contributed by atoms with E-state index in [1.165, 1.54) is 22.6 Å². The molecule has 0 atom stereocenters. The first-order valence-electron chi connectivity index (χ1n) is 8.60. The molecule has 3 rings (SSSR count). The van der Waals surface area contributed by atoms with Crippen LogP contribution in [-0.2, 0) is 16.4 Å². The van der Waals surface area contributed by atoms with Crippen molar-refractivity contribution in [1.29, 1.82) is 0 Å². The summed E-state index contributed by atoms with van der Waals surface area (Å²) in [5, 5.41) is 1.77. The number of aryl methyl sites for hydroxylation is 1. The largest absolute Gasteiger partial charge is 0.369 e. The summed E-state index contributed by atoms with van der Waals surface area (Å²) in [5.41, 5.74) is 2.52. The second kappa shape index (κ2) is 8.31. The van der Waals surface area contributed by atoms with Gasteiger partial charge in [0.05, 0.1) is 0 Å². The molecule has 1 N–H and O–H groups in total. The van der Waals surface area contributed by atoms with E-state index in [1.54, 1.807) is 17.5 Å². The van der Waals surface area contributed by atoms with Gasteiger partial charge in [0.25, 0.3) is 0 Å². The van der Waals surface area contributed by atoms with E-state index in [0.717, 1.165) is 39.0 Å². The highest BCUT2D eigenvalue weighted by Crippen LogP contribution is 2.18. The summed E-state index contributed by atoms with van der Waals surface area (Å²) in [6.45, 7) is 4.80. The van der Waals surface area contributed by atoms with Gasteiger partial charge in [0.1, 0.15) is 4.21 Å². The molecule has 1 saturated heterocycles. The Morgan fingerprint density at radius 1 is 1.08 bits per heavy atom. The van der Waals surface area contributed by atoms with Crippen molar-refractivity contribution in [3.8, 4) is 0 Å². The van der Waals surface area contributed by atoms with Gasteiger partial charge >= 0.3 is 0 Å². The molecule has 2 heterocycles. The maximum Gasteiger partial charge on any atom is 0.250 e. The number of hydrogen-bond donors (Lipinski definition) is 1. The number of benzene rings is 1. The van der Waals surface area contributed by atoms with Crippen molar-refractivity contribution in [2.75, 3.05) is 44.7 Å². The van der Waals surface area contributed by atoms with Crippen molar-refractivity contribution in [3.05, 3.63) is 47.3 Å². The quantitative estimate of drug-likeness (QED) is 0.751. The van der Waals surface area contributed by atoms with E-state index in [4.69, 9.17) is 0 Å². The van der Waals surface area contributed by atoms with Crippen LogP contribution in [0.15, 0.2) is 46.0 Å². The van der Waals surface area contributed by atoms with Gasteiger partial charge in [0, 0.05) is 38.4 Å². The predicted octanol–water partition coefficient (Wildman–Crippen LogP) is 2.41. The minimum Gasteiger partial charge on any atom is -0.369 e. The summed E-state index contributed by atoms with van der Waals surface area (Å²) in [6, 6.07) is 12.0. The molecule has 1 aliphatic heterocycles. The molecule has 2 aromatic rings. The normalized spacial score (nSPS) is 16.3. The Morgan fingerprint density at radius 2 is 1.80 bits per heavy atom. The fourth-order valence-corrected chi connectivity index (χ4v) is 5.04. The van der Waals surface area contributed by atoms with Crippen LogP contribution < -0.4 is 9.62 Å². The third-order valence-corrected chi connectivity index (χ3v) is 7.36. The highest BCUT2D eigenvalue weighted by molar-refractivity contribution is 7.91. The Bertz CT molecular complexity index is 750. The van der Waals surface area contributed by atoms with Gasteiger partial charge in [-0.2, -0.15) is 0 Å². The van der Waals surface area contributed by atoms with Gasteiger partial charge in [-0.1, -0.05) is 18.2 Å². The van der Waals surface area contributed by atoms with Gasteiger partial charge in [0.15, 0.2) is 0 Å². The van der Waals surface area contributed by atoms with Gasteiger partial charge in [-0.15, -0.1) is 11.3 Å². The van der Waals surface area contributed by atoms with E-state index in [1.807, 2.05) is 0 Å². The molecule has 0 bridgehead atoms. The zero-order valence-corrected chi connectivity index (χ0v) is 16.2. The third kappa shape index (κ3) is 5.04. The lowest BCUT2D eigenvalue weighted by atomic mass is 10.1. The van der Waals surface area contributed by atoms with Crippen LogP contribution in [0.25, 0.3) is 0 Å². The molecule has 0 saturated carbocycles. The van der Waals surface area contributed by atoms with Gasteiger partial charge in [0.2, 0.25) is 10.0 Å². The van der Waals surface area contributed by atoms with Crippen LogP contribution in [0.5, 0.6) is 0 Å². The van der Waals surface area contributed by atoms with Crippen molar-refractivity contribution < 1.29 is 8.42 Å². The molecule has 1 fully saturated rings. The van der Waals surface area contributed by atoms with Crippen molar-refractivity contribution in [3.63, 3.8) is 0 Å².